The number of hydrogen-bond acceptors (Lipinski definition) is 5. The Morgan fingerprint density at radius 1 is 1.00 bits per heavy atom. The Kier molecular flexibility index (Phi) is 10.3. The molecule has 0 bridgehead atoms. The maximum absolute atomic E-state index is 13.3. The SMILES string of the molecule is CCC(C)C(NC(=O)C(CC(C)C)NC(=O)C(Cc1c[nH]c2ccccc12)NC(=O)CN)C(=O)O. The molecule has 0 aliphatic carbocycles. The number of aliphatic carboxylic acids is 1. The van der Waals surface area contributed by atoms with Crippen LogP contribution in [0.4, 0.5) is 0 Å². The summed E-state index contributed by atoms with van der Waals surface area (Å²) in [4.78, 5) is 53.2. The highest BCUT2D eigenvalue weighted by atomic mass is 16.4. The highest BCUT2D eigenvalue weighted by Gasteiger charge is 2.32. The van der Waals surface area contributed by atoms with Gasteiger partial charge in [0, 0.05) is 23.5 Å². The van der Waals surface area contributed by atoms with E-state index in [4.69, 9.17) is 5.73 Å². The molecule has 0 saturated carbocycles. The third-order valence-electron chi connectivity index (χ3n) is 6.05. The smallest absolute Gasteiger partial charge is 0.326 e. The molecule has 2 rings (SSSR count). The Morgan fingerprint density at radius 3 is 2.26 bits per heavy atom. The van der Waals surface area contributed by atoms with Crippen molar-refractivity contribution in [1.82, 2.24) is 20.9 Å². The number of nitrogens with two attached hydrogens (primary N) is 1. The fraction of sp³-hybridized carbons (Fsp3) is 0.520. The van der Waals surface area contributed by atoms with Crippen LogP contribution in [0.2, 0.25) is 0 Å². The van der Waals surface area contributed by atoms with Gasteiger partial charge in [-0.15, -0.1) is 0 Å². The van der Waals surface area contributed by atoms with Crippen LogP contribution in [0.1, 0.15) is 46.1 Å². The number of carbonyl (C=O) groups excluding carboxylic acids is 3. The van der Waals surface area contributed by atoms with Crippen LogP contribution in [0.3, 0.4) is 0 Å². The van der Waals surface area contributed by atoms with E-state index in [2.05, 4.69) is 20.9 Å². The first-order valence-electron chi connectivity index (χ1n) is 11.9. The summed E-state index contributed by atoms with van der Waals surface area (Å²) in [5.74, 6) is -3.00. The molecule has 35 heavy (non-hydrogen) atoms. The number of carbonyl (C=O) groups is 4. The molecule has 0 saturated heterocycles. The van der Waals surface area contributed by atoms with Crippen LogP contribution < -0.4 is 21.7 Å². The minimum atomic E-state index is -1.13. The van der Waals surface area contributed by atoms with Crippen LogP contribution in [0.25, 0.3) is 10.9 Å². The number of hydrogen-bond donors (Lipinski definition) is 6. The monoisotopic (exact) mass is 487 g/mol. The summed E-state index contributed by atoms with van der Waals surface area (Å²) < 4.78 is 0. The lowest BCUT2D eigenvalue weighted by Crippen LogP contribution is -2.57. The predicted molar refractivity (Wildman–Crippen MR) is 133 cm³/mol. The van der Waals surface area contributed by atoms with Crippen LogP contribution in [0.5, 0.6) is 0 Å². The molecule has 0 spiro atoms. The summed E-state index contributed by atoms with van der Waals surface area (Å²) >= 11 is 0. The van der Waals surface area contributed by atoms with Crippen molar-refractivity contribution in [2.24, 2.45) is 17.6 Å². The number of benzene rings is 1. The number of fused-ring (bicyclic) bond motifs is 1. The van der Waals surface area contributed by atoms with E-state index in [-0.39, 0.29) is 24.8 Å². The first-order chi connectivity index (χ1) is 16.6. The zero-order valence-corrected chi connectivity index (χ0v) is 20.8. The summed E-state index contributed by atoms with van der Waals surface area (Å²) in [6.07, 6.45) is 2.83. The second kappa shape index (κ2) is 12.9. The van der Waals surface area contributed by atoms with Gasteiger partial charge in [0.05, 0.1) is 6.54 Å². The average Bonchev–Trinajstić information content (AvgIpc) is 3.23. The molecule has 7 N–H and O–H groups in total. The molecule has 0 radical (unpaired) electrons. The zero-order valence-electron chi connectivity index (χ0n) is 20.8. The van der Waals surface area contributed by atoms with Gasteiger partial charge in [-0.25, -0.2) is 4.79 Å². The van der Waals surface area contributed by atoms with Crippen molar-refractivity contribution in [3.8, 4) is 0 Å². The largest absolute Gasteiger partial charge is 0.480 e. The molecule has 1 aromatic carbocycles. The number of H-pyrrole nitrogens is 1. The second-order valence-corrected chi connectivity index (χ2v) is 9.29. The Bertz CT molecular complexity index is 1030. The van der Waals surface area contributed by atoms with Gasteiger partial charge in [0.25, 0.3) is 0 Å². The first kappa shape index (κ1) is 27.8. The summed E-state index contributed by atoms with van der Waals surface area (Å²) in [7, 11) is 0. The summed E-state index contributed by atoms with van der Waals surface area (Å²) in [5.41, 5.74) is 7.18. The third-order valence-corrected chi connectivity index (χ3v) is 6.05. The van der Waals surface area contributed by atoms with E-state index in [0.29, 0.717) is 12.8 Å². The molecule has 0 aliphatic rings. The fourth-order valence-corrected chi connectivity index (χ4v) is 3.90. The van der Waals surface area contributed by atoms with Crippen molar-refractivity contribution in [2.75, 3.05) is 6.54 Å². The number of para-hydroxylation sites is 1. The van der Waals surface area contributed by atoms with E-state index in [1.807, 2.05) is 45.0 Å². The van der Waals surface area contributed by atoms with Gasteiger partial charge in [-0.2, -0.15) is 0 Å². The molecule has 0 fully saturated rings. The molecule has 4 unspecified atom stereocenters. The van der Waals surface area contributed by atoms with Crippen LogP contribution in [0.15, 0.2) is 30.5 Å². The van der Waals surface area contributed by atoms with E-state index < -0.39 is 41.8 Å². The Balaban J connectivity index is 2.25. The number of rotatable bonds is 13. The number of carboxylic acid groups (broad SMARTS) is 1. The van der Waals surface area contributed by atoms with Crippen molar-refractivity contribution in [1.29, 1.82) is 0 Å². The van der Waals surface area contributed by atoms with Crippen molar-refractivity contribution in [2.45, 2.75) is 65.1 Å². The number of carboxylic acids is 1. The van der Waals surface area contributed by atoms with E-state index in [0.717, 1.165) is 16.5 Å². The van der Waals surface area contributed by atoms with Crippen LogP contribution in [-0.2, 0) is 25.6 Å². The third kappa shape index (κ3) is 7.81. The summed E-state index contributed by atoms with van der Waals surface area (Å²) in [6.45, 7) is 7.10. The highest BCUT2D eigenvalue weighted by Crippen LogP contribution is 2.19. The van der Waals surface area contributed by atoms with Gasteiger partial charge in [-0.3, -0.25) is 14.4 Å². The lowest BCUT2D eigenvalue weighted by atomic mass is 9.97. The van der Waals surface area contributed by atoms with Crippen molar-refractivity contribution in [3.63, 3.8) is 0 Å². The molecule has 2 aromatic rings. The molecule has 192 valence electrons. The molecule has 3 amide bonds. The van der Waals surface area contributed by atoms with Crippen molar-refractivity contribution >= 4 is 34.6 Å². The van der Waals surface area contributed by atoms with Gasteiger partial charge in [0.2, 0.25) is 17.7 Å². The van der Waals surface area contributed by atoms with E-state index in [1.54, 1.807) is 13.1 Å². The van der Waals surface area contributed by atoms with Gasteiger partial charge in [-0.05, 0) is 29.9 Å². The van der Waals surface area contributed by atoms with Gasteiger partial charge < -0.3 is 31.8 Å². The fourth-order valence-electron chi connectivity index (χ4n) is 3.90. The number of nitrogens with one attached hydrogen (secondary N) is 4. The quantitative estimate of drug-likeness (QED) is 0.249. The van der Waals surface area contributed by atoms with Crippen LogP contribution >= 0.6 is 0 Å². The second-order valence-electron chi connectivity index (χ2n) is 9.29. The standard InChI is InChI=1S/C25H37N5O5/c1-5-15(4)22(25(34)35)30-24(33)19(10-14(2)3)29-23(32)20(28-21(31)12-26)11-16-13-27-18-9-7-6-8-17(16)18/h6-9,13-15,19-20,22,27H,5,10-12,26H2,1-4H3,(H,28,31)(H,29,32)(H,30,33)(H,34,35). The van der Waals surface area contributed by atoms with Gasteiger partial charge in [0.15, 0.2) is 0 Å². The van der Waals surface area contributed by atoms with Crippen LogP contribution in [0, 0.1) is 11.8 Å². The highest BCUT2D eigenvalue weighted by molar-refractivity contribution is 5.94. The molecular formula is C25H37N5O5. The minimum absolute atomic E-state index is 0.0450. The molecular weight excluding hydrogens is 450 g/mol. The molecule has 1 aromatic heterocycles. The van der Waals surface area contributed by atoms with Crippen molar-refractivity contribution < 1.29 is 24.3 Å². The first-order valence-corrected chi connectivity index (χ1v) is 11.9. The molecule has 10 nitrogen and oxygen atoms in total. The maximum atomic E-state index is 13.3. The normalized spacial score (nSPS) is 14.7. The summed E-state index contributed by atoms with van der Waals surface area (Å²) in [5, 5.41) is 18.4. The Morgan fingerprint density at radius 2 is 1.66 bits per heavy atom. The zero-order chi connectivity index (χ0) is 26.1. The topological polar surface area (TPSA) is 166 Å². The molecule has 0 aliphatic heterocycles. The lowest BCUT2D eigenvalue weighted by molar-refractivity contribution is -0.144. The van der Waals surface area contributed by atoms with Gasteiger partial charge >= 0.3 is 5.97 Å². The average molecular weight is 488 g/mol. The Labute approximate surface area is 205 Å². The minimum Gasteiger partial charge on any atom is -0.480 e. The van der Waals surface area contributed by atoms with E-state index in [1.165, 1.54) is 0 Å². The Hall–Kier alpha value is -3.40. The molecule has 1 heterocycles. The van der Waals surface area contributed by atoms with Crippen LogP contribution in [-0.4, -0.2) is 58.5 Å². The van der Waals surface area contributed by atoms with Crippen molar-refractivity contribution in [3.05, 3.63) is 36.0 Å². The summed E-state index contributed by atoms with van der Waals surface area (Å²) in [6, 6.07) is 4.58. The lowest BCUT2D eigenvalue weighted by Gasteiger charge is -2.27. The van der Waals surface area contributed by atoms with Gasteiger partial charge in [-0.1, -0.05) is 52.3 Å². The molecule has 10 heteroatoms. The number of aromatic amines is 1. The van der Waals surface area contributed by atoms with E-state index in [9.17, 15) is 24.3 Å². The number of amides is 3. The van der Waals surface area contributed by atoms with Gasteiger partial charge in [0.1, 0.15) is 18.1 Å². The maximum Gasteiger partial charge on any atom is 0.326 e. The molecule has 4 atom stereocenters. The van der Waals surface area contributed by atoms with E-state index >= 15 is 0 Å². The predicted octanol–water partition coefficient (Wildman–Crippen LogP) is 1.30. The number of aromatic nitrogens is 1.